The molecule has 5 heteroatoms. The minimum absolute atomic E-state index is 0.339. The first-order valence-electron chi connectivity index (χ1n) is 9.82. The minimum atomic E-state index is 0.339. The number of aryl methyl sites for hydroxylation is 1. The second-order valence-electron chi connectivity index (χ2n) is 8.34. The molecule has 144 valence electrons. The molecule has 26 heavy (non-hydrogen) atoms. The van der Waals surface area contributed by atoms with Crippen molar-refractivity contribution in [3.8, 4) is 0 Å². The van der Waals surface area contributed by atoms with Gasteiger partial charge in [-0.05, 0) is 24.3 Å². The summed E-state index contributed by atoms with van der Waals surface area (Å²) in [6, 6.07) is 9.22. The van der Waals surface area contributed by atoms with Crippen molar-refractivity contribution in [3.05, 3.63) is 35.4 Å². The summed E-state index contributed by atoms with van der Waals surface area (Å²) in [6.07, 6.45) is 1.22. The van der Waals surface area contributed by atoms with E-state index >= 15 is 0 Å². The Labute approximate surface area is 158 Å². The fourth-order valence-corrected chi connectivity index (χ4v) is 4.04. The maximum atomic E-state index is 5.57. The summed E-state index contributed by atoms with van der Waals surface area (Å²) in [6.45, 7) is 13.5. The second kappa shape index (κ2) is 8.40. The van der Waals surface area contributed by atoms with Gasteiger partial charge in [-0.15, -0.1) is 0 Å². The summed E-state index contributed by atoms with van der Waals surface area (Å²) in [5, 5.41) is 3.66. The monoisotopic (exact) mass is 358 g/mol. The van der Waals surface area contributed by atoms with E-state index in [1.807, 2.05) is 7.05 Å². The third-order valence-electron chi connectivity index (χ3n) is 5.56. The summed E-state index contributed by atoms with van der Waals surface area (Å²) < 4.78 is 5.57. The Balaban J connectivity index is 1.71. The Bertz CT molecular complexity index is 622. The lowest BCUT2D eigenvalue weighted by Crippen LogP contribution is -2.47. The first kappa shape index (κ1) is 19.2. The van der Waals surface area contributed by atoms with Crippen LogP contribution in [0.3, 0.4) is 0 Å². The topological polar surface area (TPSA) is 40.1 Å². The van der Waals surface area contributed by atoms with Gasteiger partial charge in [-0.2, -0.15) is 0 Å². The fraction of sp³-hybridized carbons (Fsp3) is 0.667. The van der Waals surface area contributed by atoms with Crippen molar-refractivity contribution in [2.75, 3.05) is 53.0 Å². The van der Waals surface area contributed by atoms with Crippen molar-refractivity contribution in [2.45, 2.75) is 33.2 Å². The van der Waals surface area contributed by atoms with Crippen molar-refractivity contribution < 1.29 is 4.74 Å². The number of likely N-dealkylation sites (tertiary alicyclic amines) is 1. The van der Waals surface area contributed by atoms with Crippen molar-refractivity contribution in [2.24, 2.45) is 10.4 Å². The molecule has 2 saturated heterocycles. The van der Waals surface area contributed by atoms with Crippen LogP contribution in [0.25, 0.3) is 0 Å². The second-order valence-corrected chi connectivity index (χ2v) is 8.34. The van der Waals surface area contributed by atoms with Crippen molar-refractivity contribution in [1.29, 1.82) is 0 Å². The zero-order chi connectivity index (χ0) is 18.6. The highest BCUT2D eigenvalue weighted by Crippen LogP contribution is 2.29. The van der Waals surface area contributed by atoms with Gasteiger partial charge in [-0.1, -0.05) is 43.7 Å². The molecule has 1 unspecified atom stereocenters. The molecule has 2 fully saturated rings. The standard InChI is InChI=1S/C21H34N4O/c1-17-6-5-7-18(14-17)19(24-10-12-26-13-11-24)15-23-20(22-4)25-9-8-21(2,3)16-25/h5-7,14,19H,8-13,15-16H2,1-4H3,(H,22,23). The molecule has 0 spiro atoms. The Kier molecular flexibility index (Phi) is 6.20. The number of nitrogens with one attached hydrogen (secondary N) is 1. The van der Waals surface area contributed by atoms with Crippen LogP contribution in [0, 0.1) is 12.3 Å². The quantitative estimate of drug-likeness (QED) is 0.664. The van der Waals surface area contributed by atoms with E-state index in [0.29, 0.717) is 11.5 Å². The molecule has 0 saturated carbocycles. The van der Waals surface area contributed by atoms with Crippen molar-refractivity contribution >= 4 is 5.96 Å². The molecule has 1 aromatic rings. The lowest BCUT2D eigenvalue weighted by Gasteiger charge is -2.36. The van der Waals surface area contributed by atoms with Crippen LogP contribution in [-0.4, -0.2) is 68.7 Å². The summed E-state index contributed by atoms with van der Waals surface area (Å²) in [7, 11) is 1.89. The third-order valence-corrected chi connectivity index (χ3v) is 5.56. The van der Waals surface area contributed by atoms with Gasteiger partial charge in [0.15, 0.2) is 5.96 Å². The Morgan fingerprint density at radius 2 is 2.04 bits per heavy atom. The van der Waals surface area contributed by atoms with Gasteiger partial charge in [0.1, 0.15) is 0 Å². The van der Waals surface area contributed by atoms with Crippen molar-refractivity contribution in [1.82, 2.24) is 15.1 Å². The molecule has 3 rings (SSSR count). The number of guanidine groups is 1. The van der Waals surface area contributed by atoms with E-state index in [2.05, 4.69) is 65.1 Å². The van der Waals surface area contributed by atoms with E-state index < -0.39 is 0 Å². The maximum Gasteiger partial charge on any atom is 0.193 e. The molecule has 2 heterocycles. The summed E-state index contributed by atoms with van der Waals surface area (Å²) in [4.78, 5) is 9.48. The molecular formula is C21H34N4O. The van der Waals surface area contributed by atoms with Crippen molar-refractivity contribution in [3.63, 3.8) is 0 Å². The van der Waals surface area contributed by atoms with Gasteiger partial charge in [0.05, 0.1) is 19.3 Å². The molecule has 1 N–H and O–H groups in total. The molecule has 0 aromatic heterocycles. The highest BCUT2D eigenvalue weighted by Gasteiger charge is 2.31. The van der Waals surface area contributed by atoms with Crippen LogP contribution in [0.1, 0.15) is 37.4 Å². The lowest BCUT2D eigenvalue weighted by molar-refractivity contribution is 0.0169. The first-order valence-corrected chi connectivity index (χ1v) is 9.82. The number of ether oxygens (including phenoxy) is 1. The smallest absolute Gasteiger partial charge is 0.193 e. The summed E-state index contributed by atoms with van der Waals surface area (Å²) in [5.74, 6) is 1.03. The van der Waals surface area contributed by atoms with Gasteiger partial charge in [0.25, 0.3) is 0 Å². The molecule has 1 atom stereocenters. The molecule has 2 aliphatic rings. The van der Waals surface area contributed by atoms with E-state index in [1.54, 1.807) is 0 Å². The molecule has 0 aliphatic carbocycles. The minimum Gasteiger partial charge on any atom is -0.379 e. The Morgan fingerprint density at radius 1 is 1.27 bits per heavy atom. The molecule has 0 amide bonds. The van der Waals surface area contributed by atoms with E-state index in [0.717, 1.165) is 51.9 Å². The Morgan fingerprint density at radius 3 is 2.65 bits per heavy atom. The van der Waals surface area contributed by atoms with Crippen LogP contribution in [0.2, 0.25) is 0 Å². The zero-order valence-electron chi connectivity index (χ0n) is 16.8. The van der Waals surface area contributed by atoms with Crippen LogP contribution >= 0.6 is 0 Å². The normalized spacial score (nSPS) is 22.5. The van der Waals surface area contributed by atoms with E-state index in [-0.39, 0.29) is 0 Å². The van der Waals surface area contributed by atoms with Crippen LogP contribution in [0.5, 0.6) is 0 Å². The van der Waals surface area contributed by atoms with Crippen LogP contribution in [-0.2, 0) is 4.74 Å². The van der Waals surface area contributed by atoms with Gasteiger partial charge in [-0.3, -0.25) is 9.89 Å². The van der Waals surface area contributed by atoms with Gasteiger partial charge in [-0.25, -0.2) is 0 Å². The number of hydrogen-bond acceptors (Lipinski definition) is 3. The highest BCUT2D eigenvalue weighted by atomic mass is 16.5. The first-order chi connectivity index (χ1) is 12.5. The number of benzene rings is 1. The van der Waals surface area contributed by atoms with Gasteiger partial charge < -0.3 is 15.0 Å². The van der Waals surface area contributed by atoms with Gasteiger partial charge >= 0.3 is 0 Å². The summed E-state index contributed by atoms with van der Waals surface area (Å²) in [5.41, 5.74) is 3.06. The van der Waals surface area contributed by atoms with E-state index in [1.165, 1.54) is 17.5 Å². The number of hydrogen-bond donors (Lipinski definition) is 1. The average Bonchev–Trinajstić information content (AvgIpc) is 2.99. The third kappa shape index (κ3) is 4.77. The number of nitrogens with zero attached hydrogens (tertiary/aromatic N) is 3. The van der Waals surface area contributed by atoms with Crippen LogP contribution in [0.15, 0.2) is 29.3 Å². The van der Waals surface area contributed by atoms with Gasteiger partial charge in [0.2, 0.25) is 0 Å². The zero-order valence-corrected chi connectivity index (χ0v) is 16.8. The maximum absolute atomic E-state index is 5.57. The van der Waals surface area contributed by atoms with Crippen LogP contribution in [0.4, 0.5) is 0 Å². The molecule has 1 aromatic carbocycles. The number of aliphatic imine (C=N–C) groups is 1. The largest absolute Gasteiger partial charge is 0.379 e. The average molecular weight is 359 g/mol. The van der Waals surface area contributed by atoms with Gasteiger partial charge in [0, 0.05) is 39.8 Å². The highest BCUT2D eigenvalue weighted by molar-refractivity contribution is 5.80. The predicted molar refractivity (Wildman–Crippen MR) is 108 cm³/mol. The Hall–Kier alpha value is -1.59. The summed E-state index contributed by atoms with van der Waals surface area (Å²) >= 11 is 0. The SMILES string of the molecule is CN=C(NCC(c1cccc(C)c1)N1CCOCC1)N1CCC(C)(C)C1. The predicted octanol–water partition coefficient (Wildman–Crippen LogP) is 2.68. The molecule has 0 bridgehead atoms. The number of rotatable bonds is 4. The molecule has 2 aliphatic heterocycles. The van der Waals surface area contributed by atoms with Crippen LogP contribution < -0.4 is 5.32 Å². The number of morpholine rings is 1. The lowest BCUT2D eigenvalue weighted by atomic mass is 9.93. The molecule has 0 radical (unpaired) electrons. The van der Waals surface area contributed by atoms with E-state index in [9.17, 15) is 0 Å². The fourth-order valence-electron chi connectivity index (χ4n) is 4.04. The molecule has 5 nitrogen and oxygen atoms in total. The molecular weight excluding hydrogens is 324 g/mol. The van der Waals surface area contributed by atoms with E-state index in [4.69, 9.17) is 4.74 Å².